The number of aromatic amines is 1. The average molecular weight is 1080 g/mol. The number of anilines is 2. The second kappa shape index (κ2) is 21.8. The Morgan fingerprint density at radius 1 is 0.859 bits per heavy atom. The van der Waals surface area contributed by atoms with E-state index in [0.717, 1.165) is 100 Å². The number of hydroxylamine groups is 1. The number of rotatable bonds is 14. The molecular formula is C58H63ClFN11O7. The highest BCUT2D eigenvalue weighted by molar-refractivity contribution is 6.32. The van der Waals surface area contributed by atoms with Crippen LogP contribution in [0.3, 0.4) is 0 Å². The monoisotopic (exact) mass is 1080 g/mol. The van der Waals surface area contributed by atoms with Crippen molar-refractivity contribution in [3.8, 4) is 39.8 Å². The van der Waals surface area contributed by atoms with Crippen molar-refractivity contribution in [2.75, 3.05) is 42.5 Å². The van der Waals surface area contributed by atoms with E-state index >= 15 is 0 Å². The number of likely N-dealkylation sites (tertiary alicyclic amines) is 2. The molecular weight excluding hydrogens is 1020 g/mol. The smallest absolute Gasteiger partial charge is 0.275 e. The van der Waals surface area contributed by atoms with Crippen molar-refractivity contribution in [1.29, 1.82) is 0 Å². The first-order valence-corrected chi connectivity index (χ1v) is 27.7. The molecule has 18 nitrogen and oxygen atoms in total. The first-order chi connectivity index (χ1) is 37.9. The Morgan fingerprint density at radius 3 is 2.26 bits per heavy atom. The number of piperazine rings is 1. The lowest BCUT2D eigenvalue weighted by molar-refractivity contribution is -0.143. The number of β-amino-alcohol motifs (C(OH)–C–C–N with tert-alkyl or cyclic N) is 1. The molecule has 0 radical (unpaired) electrons. The molecule has 78 heavy (non-hydrogen) atoms. The van der Waals surface area contributed by atoms with E-state index in [0.29, 0.717) is 40.1 Å². The minimum absolute atomic E-state index is 0.0128. The summed E-state index contributed by atoms with van der Waals surface area (Å²) in [6.07, 6.45) is 12.9. The minimum Gasteiger partial charge on any atom is -0.507 e. The van der Waals surface area contributed by atoms with E-state index in [-0.39, 0.29) is 65.3 Å². The molecule has 7 aromatic rings. The van der Waals surface area contributed by atoms with E-state index in [1.54, 1.807) is 54.6 Å². The molecule has 20 heteroatoms. The summed E-state index contributed by atoms with van der Waals surface area (Å²) in [7, 11) is 0. The van der Waals surface area contributed by atoms with Crippen LogP contribution >= 0.6 is 11.6 Å². The summed E-state index contributed by atoms with van der Waals surface area (Å²) in [5.41, 5.74) is 7.81. The lowest BCUT2D eigenvalue weighted by atomic mass is 9.87. The normalized spacial score (nSPS) is 23.3. The van der Waals surface area contributed by atoms with E-state index < -0.39 is 29.9 Å². The molecule has 4 saturated heterocycles. The summed E-state index contributed by atoms with van der Waals surface area (Å²) >= 11 is 6.92. The molecule has 4 N–H and O–H groups in total. The van der Waals surface area contributed by atoms with Crippen LogP contribution in [0.5, 0.6) is 17.4 Å². The van der Waals surface area contributed by atoms with Crippen molar-refractivity contribution < 1.29 is 38.3 Å². The third kappa shape index (κ3) is 10.2. The summed E-state index contributed by atoms with van der Waals surface area (Å²) in [6, 6.07) is 22.2. The van der Waals surface area contributed by atoms with Crippen LogP contribution in [0.15, 0.2) is 102 Å². The van der Waals surface area contributed by atoms with Gasteiger partial charge in [0.2, 0.25) is 11.9 Å². The maximum atomic E-state index is 14.3. The lowest BCUT2D eigenvalue weighted by Crippen LogP contribution is -2.54. The highest BCUT2D eigenvalue weighted by atomic mass is 35.5. The predicted molar refractivity (Wildman–Crippen MR) is 291 cm³/mol. The summed E-state index contributed by atoms with van der Waals surface area (Å²) in [6.45, 7) is 7.35. The summed E-state index contributed by atoms with van der Waals surface area (Å²) < 4.78 is 26.5. The molecule has 5 fully saturated rings. The number of hydrogen-bond acceptors (Lipinski definition) is 15. The fourth-order valence-electron chi connectivity index (χ4n) is 12.7. The lowest BCUT2D eigenvalue weighted by Gasteiger charge is -2.42. The van der Waals surface area contributed by atoms with Gasteiger partial charge in [-0.15, -0.1) is 10.2 Å². The summed E-state index contributed by atoms with van der Waals surface area (Å²) in [5.74, 6) is -0.620. The van der Waals surface area contributed by atoms with Gasteiger partial charge in [-0.2, -0.15) is 5.48 Å². The van der Waals surface area contributed by atoms with Crippen LogP contribution in [0.25, 0.3) is 33.4 Å². The van der Waals surface area contributed by atoms with E-state index in [2.05, 4.69) is 52.9 Å². The number of ether oxygens (including phenoxy) is 1. The molecule has 1 saturated carbocycles. The van der Waals surface area contributed by atoms with Gasteiger partial charge in [0.25, 0.3) is 11.8 Å². The molecule has 2 bridgehead atoms. The van der Waals surface area contributed by atoms with Crippen LogP contribution in [-0.2, 0) is 9.59 Å². The van der Waals surface area contributed by atoms with E-state index in [9.17, 15) is 24.2 Å². The zero-order chi connectivity index (χ0) is 53.6. The summed E-state index contributed by atoms with van der Waals surface area (Å²) in [5, 5.41) is 35.3. The van der Waals surface area contributed by atoms with Crippen molar-refractivity contribution in [1.82, 2.24) is 45.6 Å². The molecule has 2 amide bonds. The molecule has 8 heterocycles. The Bertz CT molecular complexity index is 3260. The zero-order valence-electron chi connectivity index (χ0n) is 43.5. The molecule has 0 spiro atoms. The van der Waals surface area contributed by atoms with Gasteiger partial charge >= 0.3 is 0 Å². The number of nitrogens with zero attached hydrogens (tertiary/aromatic N) is 9. The van der Waals surface area contributed by atoms with Gasteiger partial charge in [-0.05, 0) is 129 Å². The number of H-pyrrole nitrogens is 1. The molecule has 4 aliphatic heterocycles. The number of piperidine rings is 1. The van der Waals surface area contributed by atoms with Gasteiger partial charge in [0, 0.05) is 79.3 Å². The van der Waals surface area contributed by atoms with Gasteiger partial charge in [-0.25, -0.2) is 14.4 Å². The van der Waals surface area contributed by atoms with Gasteiger partial charge < -0.3 is 48.9 Å². The highest BCUT2D eigenvalue weighted by Gasteiger charge is 2.46. The van der Waals surface area contributed by atoms with Crippen molar-refractivity contribution >= 4 is 46.1 Å². The third-order valence-corrected chi connectivity index (χ3v) is 17.1. The van der Waals surface area contributed by atoms with Crippen molar-refractivity contribution in [3.63, 3.8) is 0 Å². The van der Waals surface area contributed by atoms with Gasteiger partial charge in [0.1, 0.15) is 34.7 Å². The number of hydrogen-bond donors (Lipinski definition) is 4. The number of carbonyl (C=O) groups is 2. The predicted octanol–water partition coefficient (Wildman–Crippen LogP) is 8.81. The number of fused-ring (bicyclic) bond motifs is 3. The number of amides is 2. The molecule has 4 aromatic heterocycles. The molecule has 406 valence electrons. The van der Waals surface area contributed by atoms with E-state index in [4.69, 9.17) is 35.7 Å². The van der Waals surface area contributed by atoms with Crippen molar-refractivity contribution in [2.45, 2.75) is 120 Å². The van der Waals surface area contributed by atoms with Gasteiger partial charge in [0.05, 0.1) is 17.5 Å². The number of halogens is 2. The van der Waals surface area contributed by atoms with Crippen LogP contribution in [0.4, 0.5) is 16.0 Å². The third-order valence-electron chi connectivity index (χ3n) is 16.8. The number of phenolic OH excluding ortho intramolecular Hbond substituents is 1. The molecule has 2 unspecified atom stereocenters. The van der Waals surface area contributed by atoms with Gasteiger partial charge in [-0.1, -0.05) is 67.9 Å². The number of para-hydroxylation sites is 1. The Labute approximate surface area is 455 Å². The van der Waals surface area contributed by atoms with Crippen LogP contribution < -0.4 is 24.9 Å². The Morgan fingerprint density at radius 2 is 1.55 bits per heavy atom. The van der Waals surface area contributed by atoms with Crippen LogP contribution in [0.2, 0.25) is 5.02 Å². The quantitative estimate of drug-likeness (QED) is 0.0750. The number of aliphatic hydroxyl groups excluding tert-OH is 1. The van der Waals surface area contributed by atoms with Crippen LogP contribution in [0.1, 0.15) is 94.8 Å². The number of aromatic hydroxyl groups is 1. The van der Waals surface area contributed by atoms with Crippen molar-refractivity contribution in [2.24, 2.45) is 5.92 Å². The highest BCUT2D eigenvalue weighted by Crippen LogP contribution is 2.42. The van der Waals surface area contributed by atoms with E-state index in [1.165, 1.54) is 16.5 Å². The Hall–Kier alpha value is -7.35. The zero-order valence-corrected chi connectivity index (χ0v) is 44.3. The number of aromatic nitrogens is 6. The number of aliphatic hydroxyl groups is 1. The Balaban J connectivity index is 0.609. The van der Waals surface area contributed by atoms with E-state index in [1.807, 2.05) is 38.2 Å². The summed E-state index contributed by atoms with van der Waals surface area (Å²) in [4.78, 5) is 55.5. The second-order valence-electron chi connectivity index (χ2n) is 21.9. The first kappa shape index (κ1) is 51.4. The molecule has 5 atom stereocenters. The standard InChI is InChI=1S/C58H63ClFN11O7/c1-33(2)51(57(75)70-32-40(72)25-48(70)55(74)66-77-42-17-11-35(12-18-42)43-7-3-5-9-46(43)60)53-52(59)56(67-78-53)76-41-19-15-37(16-20-41)68-23-21-34(22-24-68)36-27-62-58(63-28-36)71-38-13-14-39(71)31-69(30-38)49-29-61-54-45(49)26-47(64-65-54)44-8-4-6-10-50(44)73/h3-12,17-18,26-29,33-34,37-41,48,51,72-73H,13-16,19-25,30-32H2,1-2H3,(H,61,65)(H,66,74)/t37-,38?,39?,40-,41-,48+,51-/m1/s1. The van der Waals surface area contributed by atoms with Crippen molar-refractivity contribution in [3.05, 3.63) is 120 Å². The fourth-order valence-corrected chi connectivity index (χ4v) is 12.9. The average Bonchev–Trinajstić information content (AvgIpc) is 4.25. The Kier molecular flexibility index (Phi) is 14.4. The minimum atomic E-state index is -1.02. The number of nitrogens with one attached hydrogen (secondary N) is 2. The SMILES string of the molecule is CC(C)[C@@H](C(=O)N1C[C@H](O)C[C@H]1C(=O)NOc1ccc(-c2ccccc2F)cc1)c1onc(O[C@H]2CC[C@H](N3CCC(c4cnc(N5C6CCC5CN(c5c[nH]c7nnc(-c8ccccc8O)cc57)C6)nc4)CC3)CC2)c1Cl. The maximum Gasteiger partial charge on any atom is 0.275 e. The molecule has 1 aliphatic carbocycles. The topological polar surface area (TPSA) is 211 Å². The number of phenols is 1. The van der Waals surface area contributed by atoms with Crippen LogP contribution in [0, 0.1) is 11.7 Å². The number of benzene rings is 3. The fraction of sp³-hybridized carbons (Fsp3) is 0.431. The second-order valence-corrected chi connectivity index (χ2v) is 22.3. The largest absolute Gasteiger partial charge is 0.507 e. The molecule has 3 aromatic carbocycles. The van der Waals surface area contributed by atoms with Crippen LogP contribution in [-0.4, -0.2) is 131 Å². The molecule has 5 aliphatic rings. The maximum absolute atomic E-state index is 14.3. The molecule has 12 rings (SSSR count). The van der Waals surface area contributed by atoms with Gasteiger partial charge in [-0.3, -0.25) is 9.59 Å². The first-order valence-electron chi connectivity index (χ1n) is 27.3. The van der Waals surface area contributed by atoms with Gasteiger partial charge in [0.15, 0.2) is 17.2 Å². The number of carbonyl (C=O) groups excluding carboxylic acids is 2.